The van der Waals surface area contributed by atoms with Crippen LogP contribution in [0.1, 0.15) is 31.1 Å². The third kappa shape index (κ3) is 4.83. The summed E-state index contributed by atoms with van der Waals surface area (Å²) < 4.78 is 10.5. The van der Waals surface area contributed by atoms with Crippen molar-refractivity contribution in [2.45, 2.75) is 26.4 Å². The average Bonchev–Trinajstić information content (AvgIpc) is 2.38. The van der Waals surface area contributed by atoms with Gasteiger partial charge in [-0.05, 0) is 45.0 Å². The number of halogens is 1. The van der Waals surface area contributed by atoms with Crippen LogP contribution >= 0.6 is 12.4 Å². The molecule has 0 aromatic heterocycles. The Morgan fingerprint density at radius 3 is 2.20 bits per heavy atom. The molecule has 0 bridgehead atoms. The predicted molar refractivity (Wildman–Crippen MR) is 78.4 cm³/mol. The van der Waals surface area contributed by atoms with Crippen LogP contribution in [0.15, 0.2) is 24.3 Å². The second kappa shape index (κ2) is 7.87. The maximum atomic E-state index is 11.7. The van der Waals surface area contributed by atoms with E-state index in [0.29, 0.717) is 17.9 Å². The highest BCUT2D eigenvalue weighted by Crippen LogP contribution is 2.20. The molecule has 6 heteroatoms. The van der Waals surface area contributed by atoms with E-state index in [1.807, 2.05) is 0 Å². The molecule has 1 aromatic rings. The van der Waals surface area contributed by atoms with Gasteiger partial charge in [0.2, 0.25) is 0 Å². The minimum Gasteiger partial charge on any atom is -0.476 e. The SMILES string of the molecule is CCOC(=O)C(C)(C)Oc1ccc(C(=O)CN)cc1.Cl. The van der Waals surface area contributed by atoms with Crippen LogP contribution in [0, 0.1) is 0 Å². The third-order valence-electron chi connectivity index (χ3n) is 2.50. The van der Waals surface area contributed by atoms with Crippen LogP contribution in [0.3, 0.4) is 0 Å². The number of ether oxygens (including phenoxy) is 2. The maximum absolute atomic E-state index is 11.7. The Labute approximate surface area is 124 Å². The first-order chi connectivity index (χ1) is 8.90. The molecule has 0 unspecified atom stereocenters. The van der Waals surface area contributed by atoms with Crippen molar-refractivity contribution >= 4 is 24.2 Å². The predicted octanol–water partition coefficient (Wildman–Crippen LogP) is 1.97. The lowest BCUT2D eigenvalue weighted by atomic mass is 10.1. The summed E-state index contributed by atoms with van der Waals surface area (Å²) in [5, 5.41) is 0. The molecular formula is C14H20ClNO4. The molecule has 5 nitrogen and oxygen atoms in total. The Balaban J connectivity index is 0.00000361. The number of nitrogens with two attached hydrogens (primary N) is 1. The quantitative estimate of drug-likeness (QED) is 0.642. The highest BCUT2D eigenvalue weighted by atomic mass is 35.5. The number of benzene rings is 1. The van der Waals surface area contributed by atoms with Crippen LogP contribution < -0.4 is 10.5 Å². The smallest absolute Gasteiger partial charge is 0.349 e. The molecule has 112 valence electrons. The number of hydrogen-bond donors (Lipinski definition) is 1. The van der Waals surface area contributed by atoms with E-state index in [-0.39, 0.29) is 24.7 Å². The van der Waals surface area contributed by atoms with Gasteiger partial charge in [-0.2, -0.15) is 0 Å². The van der Waals surface area contributed by atoms with E-state index < -0.39 is 11.6 Å². The Hall–Kier alpha value is -1.59. The molecule has 0 saturated carbocycles. The van der Waals surface area contributed by atoms with E-state index in [9.17, 15) is 9.59 Å². The number of rotatable bonds is 6. The fourth-order valence-corrected chi connectivity index (χ4v) is 1.47. The van der Waals surface area contributed by atoms with Crippen molar-refractivity contribution in [3.63, 3.8) is 0 Å². The first kappa shape index (κ1) is 18.4. The molecular weight excluding hydrogens is 282 g/mol. The molecule has 0 aliphatic heterocycles. The van der Waals surface area contributed by atoms with Gasteiger partial charge in [0.15, 0.2) is 11.4 Å². The molecule has 0 radical (unpaired) electrons. The van der Waals surface area contributed by atoms with Crippen molar-refractivity contribution in [3.8, 4) is 5.75 Å². The maximum Gasteiger partial charge on any atom is 0.349 e. The fraction of sp³-hybridized carbons (Fsp3) is 0.429. The lowest BCUT2D eigenvalue weighted by Gasteiger charge is -2.24. The Morgan fingerprint density at radius 2 is 1.75 bits per heavy atom. The minimum atomic E-state index is -1.07. The second-order valence-corrected chi connectivity index (χ2v) is 4.48. The summed E-state index contributed by atoms with van der Waals surface area (Å²) in [4.78, 5) is 23.0. The van der Waals surface area contributed by atoms with E-state index >= 15 is 0 Å². The average molecular weight is 302 g/mol. The van der Waals surface area contributed by atoms with E-state index in [1.54, 1.807) is 45.0 Å². The third-order valence-corrected chi connectivity index (χ3v) is 2.50. The van der Waals surface area contributed by atoms with Gasteiger partial charge in [0.05, 0.1) is 13.2 Å². The van der Waals surface area contributed by atoms with Gasteiger partial charge in [0.1, 0.15) is 5.75 Å². The summed E-state index contributed by atoms with van der Waals surface area (Å²) >= 11 is 0. The molecule has 20 heavy (non-hydrogen) atoms. The molecule has 0 spiro atoms. The number of esters is 1. The zero-order valence-corrected chi connectivity index (χ0v) is 12.7. The number of hydrogen-bond acceptors (Lipinski definition) is 5. The fourth-order valence-electron chi connectivity index (χ4n) is 1.47. The van der Waals surface area contributed by atoms with Gasteiger partial charge >= 0.3 is 5.97 Å². The molecule has 2 N–H and O–H groups in total. The van der Waals surface area contributed by atoms with Gasteiger partial charge in [0, 0.05) is 5.56 Å². The normalized spacial score (nSPS) is 10.4. The van der Waals surface area contributed by atoms with Gasteiger partial charge in [-0.1, -0.05) is 0 Å². The lowest BCUT2D eigenvalue weighted by molar-refractivity contribution is -0.158. The summed E-state index contributed by atoms with van der Waals surface area (Å²) in [7, 11) is 0. The molecule has 1 rings (SSSR count). The van der Waals surface area contributed by atoms with Gasteiger partial charge in [-0.3, -0.25) is 4.79 Å². The molecule has 0 atom stereocenters. The largest absolute Gasteiger partial charge is 0.476 e. The number of ketones is 1. The first-order valence-corrected chi connectivity index (χ1v) is 6.10. The van der Waals surface area contributed by atoms with E-state index in [1.165, 1.54) is 0 Å². The molecule has 0 saturated heterocycles. The molecule has 1 aromatic carbocycles. The number of Topliss-reactive ketones (excluding diaryl/α,β-unsaturated/α-hetero) is 1. The van der Waals surface area contributed by atoms with E-state index in [4.69, 9.17) is 15.2 Å². The number of carbonyl (C=O) groups excluding carboxylic acids is 2. The summed E-state index contributed by atoms with van der Waals surface area (Å²) in [5.41, 5.74) is 4.72. The van der Waals surface area contributed by atoms with Crippen molar-refractivity contribution in [2.75, 3.05) is 13.2 Å². The summed E-state index contributed by atoms with van der Waals surface area (Å²) in [5.74, 6) is -0.0834. The van der Waals surface area contributed by atoms with Crippen LogP contribution in [0.25, 0.3) is 0 Å². The van der Waals surface area contributed by atoms with Crippen LogP contribution in [-0.4, -0.2) is 30.5 Å². The zero-order chi connectivity index (χ0) is 14.5. The first-order valence-electron chi connectivity index (χ1n) is 6.10. The Kier molecular flexibility index (Phi) is 7.24. The van der Waals surface area contributed by atoms with Crippen molar-refractivity contribution in [3.05, 3.63) is 29.8 Å². The minimum absolute atomic E-state index is 0. The summed E-state index contributed by atoms with van der Waals surface area (Å²) in [6.07, 6.45) is 0. The van der Waals surface area contributed by atoms with Crippen molar-refractivity contribution < 1.29 is 19.1 Å². The van der Waals surface area contributed by atoms with Crippen LogP contribution in [0.4, 0.5) is 0 Å². The van der Waals surface area contributed by atoms with Crippen molar-refractivity contribution in [1.82, 2.24) is 0 Å². The lowest BCUT2D eigenvalue weighted by Crippen LogP contribution is -2.39. The van der Waals surface area contributed by atoms with Gasteiger partial charge in [-0.25, -0.2) is 4.79 Å². The Morgan fingerprint density at radius 1 is 1.20 bits per heavy atom. The van der Waals surface area contributed by atoms with Crippen molar-refractivity contribution in [1.29, 1.82) is 0 Å². The molecule has 0 amide bonds. The molecule has 0 heterocycles. The number of carbonyl (C=O) groups is 2. The summed E-state index contributed by atoms with van der Waals surface area (Å²) in [6.45, 7) is 5.26. The van der Waals surface area contributed by atoms with Crippen LogP contribution in [-0.2, 0) is 9.53 Å². The molecule has 0 aliphatic carbocycles. The zero-order valence-electron chi connectivity index (χ0n) is 11.8. The Bertz CT molecular complexity index is 457. The van der Waals surface area contributed by atoms with Crippen LogP contribution in [0.2, 0.25) is 0 Å². The van der Waals surface area contributed by atoms with Crippen LogP contribution in [0.5, 0.6) is 5.75 Å². The van der Waals surface area contributed by atoms with Gasteiger partial charge in [0.25, 0.3) is 0 Å². The monoisotopic (exact) mass is 301 g/mol. The van der Waals surface area contributed by atoms with Gasteiger partial charge in [-0.15, -0.1) is 12.4 Å². The topological polar surface area (TPSA) is 78.6 Å². The second-order valence-electron chi connectivity index (χ2n) is 4.48. The van der Waals surface area contributed by atoms with E-state index in [0.717, 1.165) is 0 Å². The highest BCUT2D eigenvalue weighted by Gasteiger charge is 2.31. The molecule has 0 fully saturated rings. The summed E-state index contributed by atoms with van der Waals surface area (Å²) in [6, 6.07) is 6.49. The highest BCUT2D eigenvalue weighted by molar-refractivity contribution is 5.97. The molecule has 0 aliphatic rings. The van der Waals surface area contributed by atoms with E-state index in [2.05, 4.69) is 0 Å². The van der Waals surface area contributed by atoms with Crippen molar-refractivity contribution in [2.24, 2.45) is 5.73 Å². The van der Waals surface area contributed by atoms with Gasteiger partial charge < -0.3 is 15.2 Å². The standard InChI is InChI=1S/C14H19NO4.ClH/c1-4-18-13(17)14(2,3)19-11-7-5-10(6-8-11)12(16)9-15;/h5-8H,4,9,15H2,1-3H3;1H.